The number of likely N-dealkylation sites (tertiary alicyclic amines) is 1. The van der Waals surface area contributed by atoms with Crippen molar-refractivity contribution in [3.8, 4) is 0 Å². The van der Waals surface area contributed by atoms with Crippen molar-refractivity contribution in [3.05, 3.63) is 24.3 Å². The molecule has 0 aromatic carbocycles. The van der Waals surface area contributed by atoms with Gasteiger partial charge in [0, 0.05) is 12.4 Å². The van der Waals surface area contributed by atoms with Crippen molar-refractivity contribution in [2.45, 2.75) is 31.9 Å². The maximum atomic E-state index is 11.8. The zero-order valence-electron chi connectivity index (χ0n) is 10.9. The Kier molecular flexibility index (Phi) is 2.98. The summed E-state index contributed by atoms with van der Waals surface area (Å²) in [5, 5.41) is 0. The van der Waals surface area contributed by atoms with Crippen molar-refractivity contribution in [1.82, 2.24) is 14.9 Å². The molecule has 1 aromatic heterocycles. The predicted molar refractivity (Wildman–Crippen MR) is 65.7 cm³/mol. The monoisotopic (exact) mass is 250 g/mol. The van der Waals surface area contributed by atoms with Crippen LogP contribution in [0.4, 0.5) is 4.79 Å². The number of carbonyl (C=O) groups is 1. The van der Waals surface area contributed by atoms with Crippen LogP contribution in [-0.4, -0.2) is 39.7 Å². The highest BCUT2D eigenvalue weighted by molar-refractivity contribution is 5.69. The second kappa shape index (κ2) is 4.20. The van der Waals surface area contributed by atoms with E-state index < -0.39 is 11.1 Å². The van der Waals surface area contributed by atoms with E-state index in [9.17, 15) is 4.79 Å². The van der Waals surface area contributed by atoms with E-state index in [-0.39, 0.29) is 6.09 Å². The Bertz CT molecular complexity index is 435. The molecule has 0 unspecified atom stereocenters. The van der Waals surface area contributed by atoms with Crippen LogP contribution >= 0.6 is 0 Å². The van der Waals surface area contributed by atoms with E-state index in [1.165, 1.54) is 0 Å². The average Bonchev–Trinajstić information content (AvgIpc) is 2.23. The molecule has 2 N–H and O–H groups in total. The van der Waals surface area contributed by atoms with Crippen molar-refractivity contribution < 1.29 is 9.53 Å². The molecule has 2 heterocycles. The molecule has 0 aliphatic carbocycles. The smallest absolute Gasteiger partial charge is 0.410 e. The molecule has 1 fully saturated rings. The van der Waals surface area contributed by atoms with E-state index >= 15 is 0 Å². The summed E-state index contributed by atoms with van der Waals surface area (Å²) in [6.07, 6.45) is 2.94. The quantitative estimate of drug-likeness (QED) is 0.800. The summed E-state index contributed by atoms with van der Waals surface area (Å²) in [6.45, 7) is 6.26. The van der Waals surface area contributed by atoms with Gasteiger partial charge in [0.15, 0.2) is 5.82 Å². The molecule has 18 heavy (non-hydrogen) atoms. The Hall–Kier alpha value is -1.69. The van der Waals surface area contributed by atoms with Crippen molar-refractivity contribution in [2.75, 3.05) is 13.1 Å². The maximum Gasteiger partial charge on any atom is 0.410 e. The first-order valence-electron chi connectivity index (χ1n) is 5.84. The van der Waals surface area contributed by atoms with Gasteiger partial charge in [-0.3, -0.25) is 0 Å². The second-order valence-electron chi connectivity index (χ2n) is 5.56. The first-order chi connectivity index (χ1) is 8.30. The molecule has 6 heteroatoms. The number of aromatic nitrogens is 2. The molecule has 1 aromatic rings. The summed E-state index contributed by atoms with van der Waals surface area (Å²) in [6, 6.07) is 1.73. The van der Waals surface area contributed by atoms with Crippen molar-refractivity contribution in [1.29, 1.82) is 0 Å². The van der Waals surface area contributed by atoms with Gasteiger partial charge in [-0.15, -0.1) is 0 Å². The zero-order chi connectivity index (χ0) is 13.4. The first kappa shape index (κ1) is 12.8. The van der Waals surface area contributed by atoms with E-state index in [4.69, 9.17) is 10.5 Å². The summed E-state index contributed by atoms with van der Waals surface area (Å²) < 4.78 is 5.26. The van der Waals surface area contributed by atoms with E-state index in [2.05, 4.69) is 9.97 Å². The minimum atomic E-state index is -0.655. The van der Waals surface area contributed by atoms with Gasteiger partial charge in [0.1, 0.15) is 11.1 Å². The van der Waals surface area contributed by atoms with Gasteiger partial charge in [-0.25, -0.2) is 14.8 Å². The van der Waals surface area contributed by atoms with Gasteiger partial charge in [-0.1, -0.05) is 0 Å². The number of hydrogen-bond acceptors (Lipinski definition) is 5. The molecular weight excluding hydrogens is 232 g/mol. The van der Waals surface area contributed by atoms with Crippen LogP contribution in [0.25, 0.3) is 0 Å². The number of nitrogens with two attached hydrogens (primary N) is 1. The number of ether oxygens (including phenoxy) is 1. The lowest BCUT2D eigenvalue weighted by atomic mass is 9.90. The van der Waals surface area contributed by atoms with Gasteiger partial charge in [0.05, 0.1) is 13.1 Å². The molecule has 6 nitrogen and oxygen atoms in total. The summed E-state index contributed by atoms with van der Waals surface area (Å²) in [5.41, 5.74) is 4.99. The third-order valence-electron chi connectivity index (χ3n) is 2.61. The maximum absolute atomic E-state index is 11.8. The Labute approximate surface area is 106 Å². The minimum absolute atomic E-state index is 0.348. The van der Waals surface area contributed by atoms with Crippen LogP contribution in [0.3, 0.4) is 0 Å². The first-order valence-corrected chi connectivity index (χ1v) is 5.84. The topological polar surface area (TPSA) is 81.3 Å². The third kappa shape index (κ3) is 2.59. The highest BCUT2D eigenvalue weighted by Gasteiger charge is 2.46. The fraction of sp³-hybridized carbons (Fsp3) is 0.583. The molecule has 1 aliphatic heterocycles. The molecule has 1 amide bonds. The highest BCUT2D eigenvalue weighted by Crippen LogP contribution is 2.27. The van der Waals surface area contributed by atoms with Crippen LogP contribution in [0.2, 0.25) is 0 Å². The van der Waals surface area contributed by atoms with Crippen LogP contribution < -0.4 is 5.73 Å². The summed E-state index contributed by atoms with van der Waals surface area (Å²) in [4.78, 5) is 21.6. The molecule has 0 radical (unpaired) electrons. The fourth-order valence-electron chi connectivity index (χ4n) is 1.79. The van der Waals surface area contributed by atoms with Gasteiger partial charge in [-0.05, 0) is 26.8 Å². The van der Waals surface area contributed by atoms with Crippen molar-refractivity contribution in [2.24, 2.45) is 5.73 Å². The van der Waals surface area contributed by atoms with Crippen molar-refractivity contribution in [3.63, 3.8) is 0 Å². The van der Waals surface area contributed by atoms with Crippen LogP contribution in [0.1, 0.15) is 26.6 Å². The number of amides is 1. The molecule has 0 bridgehead atoms. The number of carbonyl (C=O) groups excluding carboxylic acids is 1. The average molecular weight is 250 g/mol. The SMILES string of the molecule is CC(C)(C)OC(=O)N1CC(N)(c2ncccn2)C1. The third-order valence-corrected chi connectivity index (χ3v) is 2.61. The van der Waals surface area contributed by atoms with Gasteiger partial charge in [-0.2, -0.15) is 0 Å². The van der Waals surface area contributed by atoms with E-state index in [0.717, 1.165) is 0 Å². The minimum Gasteiger partial charge on any atom is -0.444 e. The Morgan fingerprint density at radius 3 is 2.44 bits per heavy atom. The lowest BCUT2D eigenvalue weighted by Crippen LogP contribution is -2.67. The van der Waals surface area contributed by atoms with Crippen LogP contribution in [-0.2, 0) is 10.3 Å². The molecular formula is C12H18N4O2. The van der Waals surface area contributed by atoms with Crippen LogP contribution in [0.15, 0.2) is 18.5 Å². The number of nitrogens with zero attached hydrogens (tertiary/aromatic N) is 3. The lowest BCUT2D eigenvalue weighted by molar-refractivity contribution is -0.0105. The van der Waals surface area contributed by atoms with Gasteiger partial charge in [0.2, 0.25) is 0 Å². The van der Waals surface area contributed by atoms with Gasteiger partial charge < -0.3 is 15.4 Å². The van der Waals surface area contributed by atoms with E-state index in [0.29, 0.717) is 18.9 Å². The number of hydrogen-bond donors (Lipinski definition) is 1. The van der Waals surface area contributed by atoms with Gasteiger partial charge >= 0.3 is 6.09 Å². The Morgan fingerprint density at radius 1 is 1.39 bits per heavy atom. The largest absolute Gasteiger partial charge is 0.444 e. The van der Waals surface area contributed by atoms with E-state index in [1.54, 1.807) is 23.4 Å². The molecule has 98 valence electrons. The molecule has 2 rings (SSSR count). The normalized spacial score (nSPS) is 18.1. The Morgan fingerprint density at radius 2 is 1.94 bits per heavy atom. The van der Waals surface area contributed by atoms with Crippen molar-refractivity contribution >= 4 is 6.09 Å². The Balaban J connectivity index is 1.96. The molecule has 0 atom stereocenters. The predicted octanol–water partition coefficient (Wildman–Crippen LogP) is 0.881. The molecule has 0 spiro atoms. The highest BCUT2D eigenvalue weighted by atomic mass is 16.6. The zero-order valence-corrected chi connectivity index (χ0v) is 10.9. The summed E-state index contributed by atoms with van der Waals surface area (Å²) in [7, 11) is 0. The van der Waals surface area contributed by atoms with Gasteiger partial charge in [0.25, 0.3) is 0 Å². The number of rotatable bonds is 1. The fourth-order valence-corrected chi connectivity index (χ4v) is 1.79. The lowest BCUT2D eigenvalue weighted by Gasteiger charge is -2.46. The van der Waals surface area contributed by atoms with Crippen LogP contribution in [0.5, 0.6) is 0 Å². The summed E-state index contributed by atoms with van der Waals surface area (Å²) in [5.74, 6) is 0.560. The standard InChI is InChI=1S/C12H18N4O2/c1-11(2,3)18-10(17)16-7-12(13,8-16)9-14-5-4-6-15-9/h4-6H,7-8,13H2,1-3H3. The summed E-state index contributed by atoms with van der Waals surface area (Å²) >= 11 is 0. The molecule has 1 aliphatic rings. The molecule has 1 saturated heterocycles. The molecule has 0 saturated carbocycles. The van der Waals surface area contributed by atoms with Crippen LogP contribution in [0, 0.1) is 0 Å². The second-order valence-corrected chi connectivity index (χ2v) is 5.56. The van der Waals surface area contributed by atoms with E-state index in [1.807, 2.05) is 20.8 Å².